The number of carbonyl (C=O) groups is 2. The first-order valence-corrected chi connectivity index (χ1v) is 11.9. The monoisotopic (exact) mass is 506 g/mol. The SMILES string of the molecule is CC(C)(C)OC(=O)N1CCC(N(CCC(F)(F)F)Cc2ccc(-c3ccc(C(N)=O)cc3)nc2)CC1. The number of amides is 2. The number of halogens is 3. The molecule has 0 radical (unpaired) electrons. The van der Waals surface area contributed by atoms with Crippen LogP contribution in [0.25, 0.3) is 11.3 Å². The second-order valence-electron chi connectivity index (χ2n) is 10.0. The summed E-state index contributed by atoms with van der Waals surface area (Å²) >= 11 is 0. The third-order valence-electron chi connectivity index (χ3n) is 5.99. The van der Waals surface area contributed by atoms with Crippen molar-refractivity contribution >= 4 is 12.0 Å². The van der Waals surface area contributed by atoms with Crippen LogP contribution < -0.4 is 5.73 Å². The van der Waals surface area contributed by atoms with E-state index < -0.39 is 30.2 Å². The van der Waals surface area contributed by atoms with Crippen molar-refractivity contribution in [2.24, 2.45) is 5.73 Å². The van der Waals surface area contributed by atoms with E-state index in [1.54, 1.807) is 56.1 Å². The number of pyridine rings is 1. The number of rotatable bonds is 7. The van der Waals surface area contributed by atoms with E-state index in [4.69, 9.17) is 10.5 Å². The van der Waals surface area contributed by atoms with Crippen molar-refractivity contribution < 1.29 is 27.5 Å². The van der Waals surface area contributed by atoms with Crippen molar-refractivity contribution in [1.82, 2.24) is 14.8 Å². The predicted octanol–water partition coefficient (Wildman–Crippen LogP) is 5.00. The zero-order valence-electron chi connectivity index (χ0n) is 20.8. The van der Waals surface area contributed by atoms with Crippen LogP contribution in [0.4, 0.5) is 18.0 Å². The van der Waals surface area contributed by atoms with Crippen molar-refractivity contribution in [3.8, 4) is 11.3 Å². The number of likely N-dealkylation sites (tertiary alicyclic amines) is 1. The molecule has 10 heteroatoms. The number of alkyl halides is 3. The summed E-state index contributed by atoms with van der Waals surface area (Å²) in [5, 5.41) is 0. The Hall–Kier alpha value is -3.14. The highest BCUT2D eigenvalue weighted by atomic mass is 19.4. The van der Waals surface area contributed by atoms with Crippen LogP contribution in [0.3, 0.4) is 0 Å². The Morgan fingerprint density at radius 2 is 1.72 bits per heavy atom. The highest BCUT2D eigenvalue weighted by molar-refractivity contribution is 5.93. The van der Waals surface area contributed by atoms with Gasteiger partial charge in [-0.1, -0.05) is 18.2 Å². The maximum atomic E-state index is 13.0. The molecule has 2 N–H and O–H groups in total. The largest absolute Gasteiger partial charge is 0.444 e. The van der Waals surface area contributed by atoms with Gasteiger partial charge in [0.15, 0.2) is 0 Å². The lowest BCUT2D eigenvalue weighted by Crippen LogP contribution is -2.48. The number of carbonyl (C=O) groups excluding carboxylic acids is 2. The molecule has 1 aliphatic heterocycles. The summed E-state index contributed by atoms with van der Waals surface area (Å²) in [5.74, 6) is -0.513. The van der Waals surface area contributed by atoms with E-state index in [1.807, 2.05) is 17.0 Å². The third-order valence-corrected chi connectivity index (χ3v) is 5.99. The number of piperidine rings is 1. The number of benzene rings is 1. The number of primary amides is 1. The number of nitrogens with two attached hydrogens (primary N) is 1. The molecule has 0 spiro atoms. The van der Waals surface area contributed by atoms with E-state index in [0.29, 0.717) is 43.7 Å². The summed E-state index contributed by atoms with van der Waals surface area (Å²) in [6.07, 6.45) is -2.77. The maximum Gasteiger partial charge on any atom is 0.410 e. The Morgan fingerprint density at radius 3 is 2.22 bits per heavy atom. The van der Waals surface area contributed by atoms with Crippen molar-refractivity contribution in [3.63, 3.8) is 0 Å². The Balaban J connectivity index is 1.66. The first kappa shape index (κ1) is 27.4. The Kier molecular flexibility index (Phi) is 8.60. The maximum absolute atomic E-state index is 13.0. The fourth-order valence-electron chi connectivity index (χ4n) is 4.13. The van der Waals surface area contributed by atoms with Crippen LogP contribution in [-0.4, -0.2) is 64.2 Å². The molecule has 0 aliphatic carbocycles. The molecule has 2 heterocycles. The van der Waals surface area contributed by atoms with Crippen LogP contribution in [0.5, 0.6) is 0 Å². The van der Waals surface area contributed by atoms with Gasteiger partial charge in [-0.15, -0.1) is 0 Å². The molecule has 36 heavy (non-hydrogen) atoms. The summed E-state index contributed by atoms with van der Waals surface area (Å²) < 4.78 is 44.5. The molecule has 1 saturated heterocycles. The van der Waals surface area contributed by atoms with Crippen LogP contribution in [0.15, 0.2) is 42.6 Å². The molecule has 3 rings (SSSR count). The van der Waals surface area contributed by atoms with Gasteiger partial charge >= 0.3 is 12.3 Å². The summed E-state index contributed by atoms with van der Waals surface area (Å²) in [5.41, 5.74) is 7.35. The number of nitrogens with zero attached hydrogens (tertiary/aromatic N) is 3. The van der Waals surface area contributed by atoms with Gasteiger partial charge in [-0.25, -0.2) is 4.79 Å². The van der Waals surface area contributed by atoms with Crippen LogP contribution in [0.2, 0.25) is 0 Å². The van der Waals surface area contributed by atoms with Gasteiger partial charge in [-0.3, -0.25) is 14.7 Å². The van der Waals surface area contributed by atoms with Crippen molar-refractivity contribution in [2.75, 3.05) is 19.6 Å². The number of hydrogen-bond acceptors (Lipinski definition) is 5. The van der Waals surface area contributed by atoms with Gasteiger partial charge in [-0.2, -0.15) is 13.2 Å². The fraction of sp³-hybridized carbons (Fsp3) is 0.500. The van der Waals surface area contributed by atoms with E-state index in [1.165, 1.54) is 0 Å². The summed E-state index contributed by atoms with van der Waals surface area (Å²) in [6.45, 7) is 6.45. The molecule has 2 amide bonds. The summed E-state index contributed by atoms with van der Waals surface area (Å²) in [6, 6.07) is 10.3. The van der Waals surface area contributed by atoms with Gasteiger partial charge in [0.1, 0.15) is 5.60 Å². The van der Waals surface area contributed by atoms with Gasteiger partial charge in [0.25, 0.3) is 0 Å². The van der Waals surface area contributed by atoms with Gasteiger partial charge in [0.05, 0.1) is 12.1 Å². The van der Waals surface area contributed by atoms with E-state index in [0.717, 1.165) is 11.1 Å². The zero-order chi connectivity index (χ0) is 26.5. The Labute approximate surface area is 209 Å². The minimum Gasteiger partial charge on any atom is -0.444 e. The van der Waals surface area contributed by atoms with E-state index in [2.05, 4.69) is 4.98 Å². The molecule has 1 aromatic heterocycles. The molecule has 0 bridgehead atoms. The minimum absolute atomic E-state index is 0.0907. The third kappa shape index (κ3) is 8.22. The second-order valence-corrected chi connectivity index (χ2v) is 10.0. The van der Waals surface area contributed by atoms with Crippen molar-refractivity contribution in [1.29, 1.82) is 0 Å². The Bertz CT molecular complexity index is 1030. The summed E-state index contributed by atoms with van der Waals surface area (Å²) in [7, 11) is 0. The van der Waals surface area contributed by atoms with E-state index >= 15 is 0 Å². The molecule has 0 unspecified atom stereocenters. The quantitative estimate of drug-likeness (QED) is 0.571. The van der Waals surface area contributed by atoms with Crippen LogP contribution in [0.1, 0.15) is 56.0 Å². The lowest BCUT2D eigenvalue weighted by Gasteiger charge is -2.39. The highest BCUT2D eigenvalue weighted by Gasteiger charge is 2.33. The second kappa shape index (κ2) is 11.3. The minimum atomic E-state index is -4.26. The van der Waals surface area contributed by atoms with E-state index in [9.17, 15) is 22.8 Å². The normalized spacial score (nSPS) is 15.2. The molecule has 196 valence electrons. The highest BCUT2D eigenvalue weighted by Crippen LogP contribution is 2.26. The number of hydrogen-bond donors (Lipinski definition) is 1. The van der Waals surface area contributed by atoms with Crippen LogP contribution >= 0.6 is 0 Å². The van der Waals surface area contributed by atoms with Crippen LogP contribution in [0, 0.1) is 0 Å². The first-order chi connectivity index (χ1) is 16.8. The van der Waals surface area contributed by atoms with Gasteiger partial charge in [0.2, 0.25) is 5.91 Å². The molecule has 1 fully saturated rings. The molecule has 7 nitrogen and oxygen atoms in total. The van der Waals surface area contributed by atoms with Gasteiger partial charge in [0, 0.05) is 49.5 Å². The van der Waals surface area contributed by atoms with Gasteiger partial charge < -0.3 is 15.4 Å². The van der Waals surface area contributed by atoms with E-state index in [-0.39, 0.29) is 12.6 Å². The number of aromatic nitrogens is 1. The molecule has 0 atom stereocenters. The predicted molar refractivity (Wildman–Crippen MR) is 130 cm³/mol. The lowest BCUT2D eigenvalue weighted by atomic mass is 10.0. The summed E-state index contributed by atoms with van der Waals surface area (Å²) in [4.78, 5) is 31.5. The van der Waals surface area contributed by atoms with Gasteiger partial charge in [-0.05, 0) is 57.4 Å². The topological polar surface area (TPSA) is 88.8 Å². The number of ether oxygens (including phenoxy) is 1. The molecule has 1 aliphatic rings. The molecule has 0 saturated carbocycles. The molecular weight excluding hydrogens is 473 g/mol. The van der Waals surface area contributed by atoms with Crippen molar-refractivity contribution in [2.45, 2.75) is 64.4 Å². The molecule has 1 aromatic carbocycles. The van der Waals surface area contributed by atoms with Crippen LogP contribution in [-0.2, 0) is 11.3 Å². The lowest BCUT2D eigenvalue weighted by molar-refractivity contribution is -0.140. The average Bonchev–Trinajstić information content (AvgIpc) is 2.81. The molecule has 2 aromatic rings. The standard InChI is InChI=1S/C26H33F3N4O3/c1-25(2,3)36-24(35)32-13-10-21(11-14-32)33(15-12-26(27,28)29)17-18-4-9-22(31-16-18)19-5-7-20(8-6-19)23(30)34/h4-9,16,21H,10-15,17H2,1-3H3,(H2,30,34). The Morgan fingerprint density at radius 1 is 1.08 bits per heavy atom. The molecular formula is C26H33F3N4O3. The fourth-order valence-corrected chi connectivity index (χ4v) is 4.13. The smallest absolute Gasteiger partial charge is 0.410 e. The zero-order valence-corrected chi connectivity index (χ0v) is 20.8. The average molecular weight is 507 g/mol. The first-order valence-electron chi connectivity index (χ1n) is 11.9. The van der Waals surface area contributed by atoms with Crippen molar-refractivity contribution in [3.05, 3.63) is 53.7 Å².